The maximum atomic E-state index is 12.5. The summed E-state index contributed by atoms with van der Waals surface area (Å²) in [5.74, 6) is -0.0795. The Labute approximate surface area is 148 Å². The number of rotatable bonds is 5. The predicted octanol–water partition coefficient (Wildman–Crippen LogP) is 1.84. The van der Waals surface area contributed by atoms with Gasteiger partial charge in [0.1, 0.15) is 5.71 Å². The monoisotopic (exact) mass is 343 g/mol. The Kier molecular flexibility index (Phi) is 5.81. The average molecular weight is 343 g/mol. The van der Waals surface area contributed by atoms with E-state index >= 15 is 0 Å². The van der Waals surface area contributed by atoms with Crippen LogP contribution in [0.3, 0.4) is 0 Å². The Hall–Kier alpha value is -2.21. The van der Waals surface area contributed by atoms with E-state index in [0.29, 0.717) is 38.2 Å². The zero-order valence-corrected chi connectivity index (χ0v) is 14.7. The van der Waals surface area contributed by atoms with Crippen LogP contribution in [0.25, 0.3) is 0 Å². The Morgan fingerprint density at radius 1 is 1.20 bits per heavy atom. The molecule has 1 aromatic carbocycles. The van der Waals surface area contributed by atoms with Gasteiger partial charge in [-0.15, -0.1) is 0 Å². The normalized spacial score (nSPS) is 19.1. The highest BCUT2D eigenvalue weighted by Crippen LogP contribution is 2.17. The lowest BCUT2D eigenvalue weighted by molar-refractivity contribution is -0.131. The van der Waals surface area contributed by atoms with Crippen LogP contribution >= 0.6 is 0 Å². The minimum atomic E-state index is -0.0397. The molecule has 0 aliphatic carbocycles. The van der Waals surface area contributed by atoms with Crippen molar-refractivity contribution in [2.45, 2.75) is 38.2 Å². The van der Waals surface area contributed by atoms with Gasteiger partial charge >= 0.3 is 0 Å². The number of carbonyl (C=O) groups is 2. The Morgan fingerprint density at radius 2 is 1.92 bits per heavy atom. The number of amides is 2. The average Bonchev–Trinajstić information content (AvgIpc) is 2.65. The van der Waals surface area contributed by atoms with Crippen molar-refractivity contribution in [3.05, 3.63) is 35.9 Å². The second kappa shape index (κ2) is 8.25. The van der Waals surface area contributed by atoms with Gasteiger partial charge in [0.15, 0.2) is 0 Å². The molecule has 3 rings (SSSR count). The molecule has 0 radical (unpaired) electrons. The van der Waals surface area contributed by atoms with Gasteiger partial charge in [-0.05, 0) is 24.8 Å². The molecule has 2 aliphatic heterocycles. The highest BCUT2D eigenvalue weighted by molar-refractivity contribution is 6.39. The van der Waals surface area contributed by atoms with E-state index in [4.69, 9.17) is 4.74 Å². The fourth-order valence-corrected chi connectivity index (χ4v) is 3.22. The van der Waals surface area contributed by atoms with E-state index < -0.39 is 0 Å². The molecular formula is C19H25N3O3. The van der Waals surface area contributed by atoms with Crippen LogP contribution in [0.1, 0.15) is 31.2 Å². The number of piperidine rings is 1. The molecule has 2 aliphatic rings. The van der Waals surface area contributed by atoms with Gasteiger partial charge in [-0.2, -0.15) is 5.10 Å². The highest BCUT2D eigenvalue weighted by Gasteiger charge is 2.29. The van der Waals surface area contributed by atoms with Gasteiger partial charge in [0.25, 0.3) is 5.91 Å². The smallest absolute Gasteiger partial charge is 0.270 e. The van der Waals surface area contributed by atoms with Crippen molar-refractivity contribution < 1.29 is 14.3 Å². The number of hydrogen-bond acceptors (Lipinski definition) is 4. The van der Waals surface area contributed by atoms with Gasteiger partial charge in [-0.1, -0.05) is 30.3 Å². The van der Waals surface area contributed by atoms with Gasteiger partial charge in [-0.3, -0.25) is 9.59 Å². The molecular weight excluding hydrogens is 318 g/mol. The molecule has 25 heavy (non-hydrogen) atoms. The predicted molar refractivity (Wildman–Crippen MR) is 95.1 cm³/mol. The van der Waals surface area contributed by atoms with E-state index in [2.05, 4.69) is 17.2 Å². The number of hydrazone groups is 1. The number of hydrogen-bond donors (Lipinski definition) is 0. The lowest BCUT2D eigenvalue weighted by Gasteiger charge is -2.33. The number of nitrogens with zero attached hydrogens (tertiary/aromatic N) is 3. The first-order chi connectivity index (χ1) is 12.1. The van der Waals surface area contributed by atoms with E-state index in [0.717, 1.165) is 19.3 Å². The Morgan fingerprint density at radius 3 is 2.60 bits per heavy atom. The Balaban J connectivity index is 1.42. The number of likely N-dealkylation sites (tertiary alicyclic amines) is 1. The molecule has 0 N–H and O–H groups in total. The summed E-state index contributed by atoms with van der Waals surface area (Å²) in [4.78, 5) is 25.8. The molecule has 0 saturated carbocycles. The first-order valence-electron chi connectivity index (χ1n) is 8.92. The second-order valence-electron chi connectivity index (χ2n) is 6.56. The summed E-state index contributed by atoms with van der Waals surface area (Å²) in [5.41, 5.74) is 1.77. The zero-order valence-electron chi connectivity index (χ0n) is 14.7. The second-order valence-corrected chi connectivity index (χ2v) is 6.56. The lowest BCUT2D eigenvalue weighted by atomic mass is 10.1. The van der Waals surface area contributed by atoms with Crippen molar-refractivity contribution in [1.82, 2.24) is 9.91 Å². The maximum absolute atomic E-state index is 12.5. The van der Waals surface area contributed by atoms with Gasteiger partial charge < -0.3 is 9.64 Å². The molecule has 0 bridgehead atoms. The van der Waals surface area contributed by atoms with E-state index in [1.165, 1.54) is 10.6 Å². The van der Waals surface area contributed by atoms with Crippen molar-refractivity contribution in [3.63, 3.8) is 0 Å². The van der Waals surface area contributed by atoms with Crippen molar-refractivity contribution in [3.8, 4) is 0 Å². The quantitative estimate of drug-likeness (QED) is 0.820. The molecule has 0 unspecified atom stereocenters. The minimum Gasteiger partial charge on any atom is -0.378 e. The number of benzene rings is 1. The van der Waals surface area contributed by atoms with Crippen LogP contribution < -0.4 is 0 Å². The summed E-state index contributed by atoms with van der Waals surface area (Å²) < 4.78 is 5.97. The van der Waals surface area contributed by atoms with Crippen molar-refractivity contribution in [1.29, 1.82) is 0 Å². The van der Waals surface area contributed by atoms with Crippen LogP contribution in [-0.2, 0) is 20.7 Å². The van der Waals surface area contributed by atoms with Gasteiger partial charge in [0, 0.05) is 33.0 Å². The topological polar surface area (TPSA) is 62.2 Å². The van der Waals surface area contributed by atoms with Crippen molar-refractivity contribution in [2.75, 3.05) is 26.7 Å². The molecule has 1 saturated heterocycles. The van der Waals surface area contributed by atoms with Crippen LogP contribution in [-0.4, -0.2) is 60.3 Å². The number of ether oxygens (including phenoxy) is 1. The van der Waals surface area contributed by atoms with E-state index in [1.807, 2.05) is 23.1 Å². The summed E-state index contributed by atoms with van der Waals surface area (Å²) in [6.45, 7) is 2.08. The highest BCUT2D eigenvalue weighted by atomic mass is 16.5. The summed E-state index contributed by atoms with van der Waals surface area (Å²) in [5, 5.41) is 5.39. The Bertz CT molecular complexity index is 637. The largest absolute Gasteiger partial charge is 0.378 e. The zero-order chi connectivity index (χ0) is 17.6. The summed E-state index contributed by atoms with van der Waals surface area (Å²) in [6, 6.07) is 10.3. The molecule has 0 spiro atoms. The molecule has 0 atom stereocenters. The molecule has 2 amide bonds. The van der Waals surface area contributed by atoms with E-state index in [1.54, 1.807) is 7.05 Å². The minimum absolute atomic E-state index is 0.0397. The van der Waals surface area contributed by atoms with Crippen molar-refractivity contribution in [2.24, 2.45) is 5.10 Å². The first-order valence-corrected chi connectivity index (χ1v) is 8.92. The first kappa shape index (κ1) is 17.6. The standard InChI is InChI=1S/C19H25N3O3/c1-21-18(23)8-7-17(20-21)19(24)22-12-9-16(10-13-22)25-14-11-15-5-3-2-4-6-15/h2-6,16H,7-14H2,1H3. The summed E-state index contributed by atoms with van der Waals surface area (Å²) >= 11 is 0. The van der Waals surface area contributed by atoms with Crippen LogP contribution in [0.4, 0.5) is 0 Å². The van der Waals surface area contributed by atoms with Crippen LogP contribution in [0.15, 0.2) is 35.4 Å². The molecule has 6 nitrogen and oxygen atoms in total. The number of carbonyl (C=O) groups excluding carboxylic acids is 2. The fraction of sp³-hybridized carbons (Fsp3) is 0.526. The fourth-order valence-electron chi connectivity index (χ4n) is 3.22. The van der Waals surface area contributed by atoms with Gasteiger partial charge in [-0.25, -0.2) is 5.01 Å². The SMILES string of the molecule is CN1N=C(C(=O)N2CCC(OCCc3ccccc3)CC2)CCC1=O. The third-order valence-electron chi connectivity index (χ3n) is 4.77. The molecule has 1 fully saturated rings. The van der Waals surface area contributed by atoms with Gasteiger partial charge in [0.05, 0.1) is 12.7 Å². The van der Waals surface area contributed by atoms with Gasteiger partial charge in [0.2, 0.25) is 5.91 Å². The molecule has 1 aromatic rings. The molecule has 134 valence electrons. The molecule has 0 aromatic heterocycles. The third-order valence-corrected chi connectivity index (χ3v) is 4.77. The van der Waals surface area contributed by atoms with E-state index in [9.17, 15) is 9.59 Å². The third kappa shape index (κ3) is 4.66. The van der Waals surface area contributed by atoms with Crippen molar-refractivity contribution >= 4 is 17.5 Å². The van der Waals surface area contributed by atoms with Crippen LogP contribution in [0.2, 0.25) is 0 Å². The summed E-state index contributed by atoms with van der Waals surface area (Å²) in [6.07, 6.45) is 3.63. The molecule has 2 heterocycles. The molecule has 6 heteroatoms. The van der Waals surface area contributed by atoms with E-state index in [-0.39, 0.29) is 17.9 Å². The van der Waals surface area contributed by atoms with Crippen LogP contribution in [0.5, 0.6) is 0 Å². The van der Waals surface area contributed by atoms with Crippen LogP contribution in [0, 0.1) is 0 Å². The maximum Gasteiger partial charge on any atom is 0.270 e. The summed E-state index contributed by atoms with van der Waals surface area (Å²) in [7, 11) is 1.60. The lowest BCUT2D eigenvalue weighted by Crippen LogP contribution is -2.45.